The lowest BCUT2D eigenvalue weighted by Crippen LogP contribution is -2.25. The maximum atomic E-state index is 12.4. The van der Waals surface area contributed by atoms with Crippen molar-refractivity contribution >= 4 is 22.6 Å². The third kappa shape index (κ3) is 2.45. The number of aryl methyl sites for hydroxylation is 1. The lowest BCUT2D eigenvalue weighted by atomic mass is 10.1. The van der Waals surface area contributed by atoms with E-state index in [1.807, 2.05) is 31.2 Å². The van der Waals surface area contributed by atoms with Crippen LogP contribution in [0.3, 0.4) is 0 Å². The first-order valence-corrected chi connectivity index (χ1v) is 6.63. The van der Waals surface area contributed by atoms with Crippen molar-refractivity contribution in [3.8, 4) is 0 Å². The van der Waals surface area contributed by atoms with Crippen molar-refractivity contribution in [3.05, 3.63) is 64.1 Å². The fourth-order valence-electron chi connectivity index (χ4n) is 2.45. The average molecular weight is 281 g/mol. The molecule has 0 aliphatic carbocycles. The molecule has 0 spiro atoms. The first kappa shape index (κ1) is 13.2. The fraction of sp³-hybridized carbons (Fsp3) is 0.125. The Balaban J connectivity index is 2.02. The lowest BCUT2D eigenvalue weighted by molar-refractivity contribution is 0.0915. The predicted molar refractivity (Wildman–Crippen MR) is 82.5 cm³/mol. The summed E-state index contributed by atoms with van der Waals surface area (Å²) in [5.41, 5.74) is 8.87. The van der Waals surface area contributed by atoms with Crippen LogP contribution >= 0.6 is 0 Å². The minimum Gasteiger partial charge on any atom is -0.399 e. The Morgan fingerprint density at radius 1 is 1.24 bits per heavy atom. The second-order valence-corrected chi connectivity index (χ2v) is 5.10. The highest BCUT2D eigenvalue weighted by Crippen LogP contribution is 2.15. The van der Waals surface area contributed by atoms with Gasteiger partial charge in [0.2, 0.25) is 5.91 Å². The molecule has 0 unspecified atom stereocenters. The van der Waals surface area contributed by atoms with Crippen LogP contribution in [-0.2, 0) is 6.42 Å². The van der Waals surface area contributed by atoms with Gasteiger partial charge in [-0.05, 0) is 30.7 Å². The molecule has 0 atom stereocenters. The number of hydrogen-bond donors (Lipinski definition) is 2. The summed E-state index contributed by atoms with van der Waals surface area (Å²) in [4.78, 5) is 27.1. The Bertz CT molecular complexity index is 890. The molecule has 2 aromatic carbocycles. The van der Waals surface area contributed by atoms with Gasteiger partial charge in [-0.25, -0.2) is 9.36 Å². The SMILES string of the molecule is Cc1cccc(CC(=O)n2c(=O)[nH]c3cc(N)ccc32)c1. The lowest BCUT2D eigenvalue weighted by Gasteiger charge is -2.04. The van der Waals surface area contributed by atoms with E-state index in [1.165, 1.54) is 0 Å². The Labute approximate surface area is 121 Å². The third-order valence-corrected chi connectivity index (χ3v) is 3.39. The molecule has 0 bridgehead atoms. The highest BCUT2D eigenvalue weighted by Gasteiger charge is 2.14. The van der Waals surface area contributed by atoms with Crippen molar-refractivity contribution in [3.63, 3.8) is 0 Å². The number of carbonyl (C=O) groups excluding carboxylic acids is 1. The molecule has 21 heavy (non-hydrogen) atoms. The standard InChI is InChI=1S/C16H15N3O2/c1-10-3-2-4-11(7-10)8-15(20)19-14-6-5-12(17)9-13(14)18-16(19)21/h2-7,9H,8,17H2,1H3,(H,18,21). The molecule has 3 aromatic rings. The number of H-pyrrole nitrogens is 1. The summed E-state index contributed by atoms with van der Waals surface area (Å²) in [6, 6.07) is 12.7. The van der Waals surface area contributed by atoms with E-state index in [2.05, 4.69) is 4.98 Å². The molecule has 3 rings (SSSR count). The summed E-state index contributed by atoms with van der Waals surface area (Å²) >= 11 is 0. The number of imidazole rings is 1. The zero-order valence-corrected chi connectivity index (χ0v) is 11.6. The minimum atomic E-state index is -0.437. The molecule has 1 heterocycles. The molecule has 0 aliphatic rings. The number of hydrogen-bond acceptors (Lipinski definition) is 3. The van der Waals surface area contributed by atoms with Crippen molar-refractivity contribution in [1.29, 1.82) is 0 Å². The van der Waals surface area contributed by atoms with Crippen LogP contribution in [0.1, 0.15) is 15.9 Å². The number of benzene rings is 2. The van der Waals surface area contributed by atoms with E-state index >= 15 is 0 Å². The van der Waals surface area contributed by atoms with Crippen LogP contribution < -0.4 is 11.4 Å². The van der Waals surface area contributed by atoms with Crippen molar-refractivity contribution in [2.24, 2.45) is 0 Å². The summed E-state index contributed by atoms with van der Waals surface area (Å²) in [5, 5.41) is 0. The van der Waals surface area contributed by atoms with Gasteiger partial charge in [-0.1, -0.05) is 29.8 Å². The number of nitrogen functional groups attached to an aromatic ring is 1. The average Bonchev–Trinajstić information content (AvgIpc) is 2.73. The van der Waals surface area contributed by atoms with E-state index in [-0.39, 0.29) is 12.3 Å². The van der Waals surface area contributed by atoms with Gasteiger partial charge in [0.15, 0.2) is 0 Å². The molecule has 0 fully saturated rings. The number of rotatable bonds is 2. The van der Waals surface area contributed by atoms with E-state index in [0.717, 1.165) is 15.7 Å². The van der Waals surface area contributed by atoms with E-state index < -0.39 is 5.69 Å². The zero-order valence-electron chi connectivity index (χ0n) is 11.6. The molecule has 0 saturated heterocycles. The van der Waals surface area contributed by atoms with Gasteiger partial charge in [-0.15, -0.1) is 0 Å². The monoisotopic (exact) mass is 281 g/mol. The van der Waals surface area contributed by atoms with Crippen molar-refractivity contribution in [2.75, 3.05) is 5.73 Å². The molecule has 0 aliphatic heterocycles. The summed E-state index contributed by atoms with van der Waals surface area (Å²) in [7, 11) is 0. The Morgan fingerprint density at radius 2 is 2.05 bits per heavy atom. The molecular weight excluding hydrogens is 266 g/mol. The highest BCUT2D eigenvalue weighted by atomic mass is 16.2. The third-order valence-electron chi connectivity index (χ3n) is 3.39. The number of aromatic nitrogens is 2. The Hall–Kier alpha value is -2.82. The van der Waals surface area contributed by atoms with Crippen LogP contribution in [0, 0.1) is 6.92 Å². The Morgan fingerprint density at radius 3 is 2.81 bits per heavy atom. The molecule has 0 amide bonds. The smallest absolute Gasteiger partial charge is 0.333 e. The number of anilines is 1. The maximum absolute atomic E-state index is 12.4. The number of nitrogens with zero attached hydrogens (tertiary/aromatic N) is 1. The molecule has 106 valence electrons. The Kier molecular flexibility index (Phi) is 3.10. The molecule has 5 nitrogen and oxygen atoms in total. The summed E-state index contributed by atoms with van der Waals surface area (Å²) in [6.45, 7) is 1.97. The van der Waals surface area contributed by atoms with E-state index in [1.54, 1.807) is 18.2 Å². The molecule has 1 aromatic heterocycles. The van der Waals surface area contributed by atoms with Crippen LogP contribution in [0.4, 0.5) is 5.69 Å². The minimum absolute atomic E-state index is 0.179. The number of aromatic amines is 1. The van der Waals surface area contributed by atoms with Gasteiger partial charge in [-0.2, -0.15) is 0 Å². The molecule has 0 saturated carbocycles. The van der Waals surface area contributed by atoms with E-state index in [4.69, 9.17) is 5.73 Å². The van der Waals surface area contributed by atoms with Crippen molar-refractivity contribution < 1.29 is 4.79 Å². The molecule has 0 radical (unpaired) electrons. The van der Waals surface area contributed by atoms with Gasteiger partial charge in [-0.3, -0.25) is 4.79 Å². The van der Waals surface area contributed by atoms with Gasteiger partial charge in [0.25, 0.3) is 0 Å². The summed E-state index contributed by atoms with van der Waals surface area (Å²) in [5.74, 6) is -0.262. The predicted octanol–water partition coefficient (Wildman–Crippen LogP) is 2.10. The number of fused-ring (bicyclic) bond motifs is 1. The van der Waals surface area contributed by atoms with Crippen molar-refractivity contribution in [2.45, 2.75) is 13.3 Å². The molecule has 5 heteroatoms. The maximum Gasteiger partial charge on any atom is 0.333 e. The second kappa shape index (κ2) is 4.94. The van der Waals surface area contributed by atoms with Crippen LogP contribution in [-0.4, -0.2) is 15.5 Å². The van der Waals surface area contributed by atoms with Gasteiger partial charge in [0.1, 0.15) is 0 Å². The second-order valence-electron chi connectivity index (χ2n) is 5.10. The van der Waals surface area contributed by atoms with Crippen LogP contribution in [0.25, 0.3) is 11.0 Å². The van der Waals surface area contributed by atoms with Crippen LogP contribution in [0.15, 0.2) is 47.3 Å². The topological polar surface area (TPSA) is 80.9 Å². The first-order valence-electron chi connectivity index (χ1n) is 6.63. The quantitative estimate of drug-likeness (QED) is 0.706. The number of nitrogens with one attached hydrogen (secondary N) is 1. The van der Waals surface area contributed by atoms with Gasteiger partial charge >= 0.3 is 5.69 Å². The number of carbonyl (C=O) groups is 1. The molecule has 3 N–H and O–H groups in total. The fourth-order valence-corrected chi connectivity index (χ4v) is 2.45. The summed E-state index contributed by atoms with van der Waals surface area (Å²) in [6.07, 6.45) is 0.179. The van der Waals surface area contributed by atoms with Gasteiger partial charge in [0.05, 0.1) is 17.5 Å². The van der Waals surface area contributed by atoms with E-state index in [0.29, 0.717) is 16.7 Å². The van der Waals surface area contributed by atoms with E-state index in [9.17, 15) is 9.59 Å². The number of nitrogens with two attached hydrogens (primary N) is 1. The molecular formula is C16H15N3O2. The van der Waals surface area contributed by atoms with Gasteiger partial charge < -0.3 is 10.7 Å². The van der Waals surface area contributed by atoms with Crippen molar-refractivity contribution in [1.82, 2.24) is 9.55 Å². The largest absolute Gasteiger partial charge is 0.399 e. The first-order chi connectivity index (χ1) is 10.0. The zero-order chi connectivity index (χ0) is 15.0. The normalized spacial score (nSPS) is 10.9. The highest BCUT2D eigenvalue weighted by molar-refractivity contribution is 5.92. The van der Waals surface area contributed by atoms with Crippen LogP contribution in [0.2, 0.25) is 0 Å². The van der Waals surface area contributed by atoms with Crippen LogP contribution in [0.5, 0.6) is 0 Å². The summed E-state index contributed by atoms with van der Waals surface area (Å²) < 4.78 is 1.16. The van der Waals surface area contributed by atoms with Gasteiger partial charge in [0, 0.05) is 5.69 Å².